The van der Waals surface area contributed by atoms with Crippen molar-refractivity contribution in [3.8, 4) is 11.5 Å². The van der Waals surface area contributed by atoms with Gasteiger partial charge in [0.2, 0.25) is 6.08 Å². The molecule has 0 amide bonds. The molecule has 3 rings (SSSR count). The van der Waals surface area contributed by atoms with Crippen molar-refractivity contribution in [3.05, 3.63) is 22.2 Å². The zero-order chi connectivity index (χ0) is 13.5. The van der Waals surface area contributed by atoms with Crippen LogP contribution >= 0.6 is 11.6 Å². The molecule has 1 aromatic carbocycles. The first kappa shape index (κ1) is 12.5. The van der Waals surface area contributed by atoms with Gasteiger partial charge in [0, 0.05) is 0 Å². The van der Waals surface area contributed by atoms with Gasteiger partial charge >= 0.3 is 0 Å². The molecule has 0 spiro atoms. The average Bonchev–Trinajstić information content (AvgIpc) is 2.38. The highest BCUT2D eigenvalue weighted by atomic mass is 35.5. The Kier molecular flexibility index (Phi) is 3.00. The third-order valence-electron chi connectivity index (χ3n) is 3.96. The molecule has 100 valence electrons. The molecular weight excluding hydrogens is 266 g/mol. The molecular formula is C14H14ClNO3. The average molecular weight is 280 g/mol. The fourth-order valence-electron chi connectivity index (χ4n) is 2.76. The molecule has 0 N–H and O–H groups in total. The maximum Gasteiger partial charge on any atom is 0.235 e. The SMILES string of the molecule is Cc1c(C2(N=C=O)CCC2)cc2c(c1Cl)OCCO2. The number of nitrogens with zero attached hydrogens (tertiary/aromatic N) is 1. The van der Waals surface area contributed by atoms with Crippen molar-refractivity contribution in [3.63, 3.8) is 0 Å². The zero-order valence-corrected chi connectivity index (χ0v) is 11.4. The van der Waals surface area contributed by atoms with Crippen molar-refractivity contribution in [1.29, 1.82) is 0 Å². The van der Waals surface area contributed by atoms with Crippen LogP contribution in [0.2, 0.25) is 5.02 Å². The van der Waals surface area contributed by atoms with Gasteiger partial charge < -0.3 is 9.47 Å². The third kappa shape index (κ3) is 1.83. The first-order valence-corrected chi connectivity index (χ1v) is 6.74. The minimum atomic E-state index is -0.467. The van der Waals surface area contributed by atoms with E-state index >= 15 is 0 Å². The van der Waals surface area contributed by atoms with E-state index in [2.05, 4.69) is 4.99 Å². The van der Waals surface area contributed by atoms with Gasteiger partial charge in [-0.15, -0.1) is 0 Å². The van der Waals surface area contributed by atoms with E-state index in [1.54, 1.807) is 6.08 Å². The molecule has 1 aliphatic heterocycles. The lowest BCUT2D eigenvalue weighted by atomic mass is 9.71. The highest BCUT2D eigenvalue weighted by Crippen LogP contribution is 2.51. The number of carbonyl (C=O) groups excluding carboxylic acids is 1. The minimum Gasteiger partial charge on any atom is -0.486 e. The summed E-state index contributed by atoms with van der Waals surface area (Å²) in [7, 11) is 0. The molecule has 0 aromatic heterocycles. The highest BCUT2D eigenvalue weighted by Gasteiger charge is 2.41. The van der Waals surface area contributed by atoms with Crippen LogP contribution in [0.1, 0.15) is 30.4 Å². The second-order valence-electron chi connectivity index (χ2n) is 4.98. The van der Waals surface area contributed by atoms with Gasteiger partial charge in [0.15, 0.2) is 11.5 Å². The number of fused-ring (bicyclic) bond motifs is 1. The van der Waals surface area contributed by atoms with Crippen LogP contribution in [0.15, 0.2) is 11.1 Å². The topological polar surface area (TPSA) is 47.9 Å². The third-order valence-corrected chi connectivity index (χ3v) is 4.42. The normalized spacial score (nSPS) is 19.3. The largest absolute Gasteiger partial charge is 0.486 e. The Bertz CT molecular complexity index is 575. The summed E-state index contributed by atoms with van der Waals surface area (Å²) >= 11 is 6.36. The minimum absolute atomic E-state index is 0.467. The van der Waals surface area contributed by atoms with Gasteiger partial charge in [0.05, 0.1) is 10.6 Å². The molecule has 4 nitrogen and oxygen atoms in total. The predicted octanol–water partition coefficient (Wildman–Crippen LogP) is 3.13. The molecule has 1 saturated carbocycles. The number of ether oxygens (including phenoxy) is 2. The van der Waals surface area contributed by atoms with E-state index in [0.717, 1.165) is 30.4 Å². The second kappa shape index (κ2) is 4.55. The Hall–Kier alpha value is -1.51. The Morgan fingerprint density at radius 3 is 2.74 bits per heavy atom. The molecule has 0 bridgehead atoms. The van der Waals surface area contributed by atoms with Crippen LogP contribution in [0.3, 0.4) is 0 Å². The maximum atomic E-state index is 10.7. The molecule has 1 aromatic rings. The van der Waals surface area contributed by atoms with Gasteiger partial charge in [-0.05, 0) is 43.4 Å². The second-order valence-corrected chi connectivity index (χ2v) is 5.35. The summed E-state index contributed by atoms with van der Waals surface area (Å²) in [5, 5.41) is 0.555. The lowest BCUT2D eigenvalue weighted by molar-refractivity contribution is 0.170. The Labute approximate surface area is 116 Å². The van der Waals surface area contributed by atoms with Gasteiger partial charge in [-0.25, -0.2) is 4.79 Å². The van der Waals surface area contributed by atoms with Crippen molar-refractivity contribution in [2.75, 3.05) is 13.2 Å². The molecule has 0 unspecified atom stereocenters. The quantitative estimate of drug-likeness (QED) is 0.617. The fraction of sp³-hybridized carbons (Fsp3) is 0.500. The van der Waals surface area contributed by atoms with Crippen molar-refractivity contribution in [2.24, 2.45) is 4.99 Å². The van der Waals surface area contributed by atoms with Gasteiger partial charge in [0.25, 0.3) is 0 Å². The summed E-state index contributed by atoms with van der Waals surface area (Å²) in [6.45, 7) is 2.94. The van der Waals surface area contributed by atoms with Crippen molar-refractivity contribution < 1.29 is 14.3 Å². The van der Waals surface area contributed by atoms with E-state index in [1.165, 1.54) is 0 Å². The zero-order valence-electron chi connectivity index (χ0n) is 10.7. The maximum absolute atomic E-state index is 10.7. The van der Waals surface area contributed by atoms with E-state index in [0.29, 0.717) is 29.7 Å². The number of benzene rings is 1. The molecule has 1 heterocycles. The molecule has 2 aliphatic rings. The first-order chi connectivity index (χ1) is 9.18. The number of hydrogen-bond donors (Lipinski definition) is 0. The summed E-state index contributed by atoms with van der Waals surface area (Å²) < 4.78 is 11.1. The molecule has 0 atom stereocenters. The van der Waals surface area contributed by atoms with Crippen LogP contribution in [0.4, 0.5) is 0 Å². The summed E-state index contributed by atoms with van der Waals surface area (Å²) in [6.07, 6.45) is 4.44. The van der Waals surface area contributed by atoms with Crippen LogP contribution < -0.4 is 9.47 Å². The lowest BCUT2D eigenvalue weighted by Gasteiger charge is -2.39. The monoisotopic (exact) mass is 279 g/mol. The summed E-state index contributed by atoms with van der Waals surface area (Å²) in [5.41, 5.74) is 1.40. The van der Waals surface area contributed by atoms with Gasteiger partial charge in [-0.1, -0.05) is 11.6 Å². The Morgan fingerprint density at radius 1 is 1.37 bits per heavy atom. The van der Waals surface area contributed by atoms with E-state index in [9.17, 15) is 4.79 Å². The van der Waals surface area contributed by atoms with Crippen LogP contribution in [0, 0.1) is 6.92 Å². The number of aliphatic imine (C=N–C) groups is 1. The molecule has 5 heteroatoms. The summed E-state index contributed by atoms with van der Waals surface area (Å²) in [4.78, 5) is 14.7. The van der Waals surface area contributed by atoms with Crippen LogP contribution in [0.25, 0.3) is 0 Å². The molecule has 0 saturated heterocycles. The van der Waals surface area contributed by atoms with Crippen molar-refractivity contribution >= 4 is 17.7 Å². The molecule has 19 heavy (non-hydrogen) atoms. The predicted molar refractivity (Wildman–Crippen MR) is 70.8 cm³/mol. The van der Waals surface area contributed by atoms with E-state index in [-0.39, 0.29) is 0 Å². The van der Waals surface area contributed by atoms with Gasteiger partial charge in [-0.3, -0.25) is 0 Å². The molecule has 1 fully saturated rings. The smallest absolute Gasteiger partial charge is 0.235 e. The Morgan fingerprint density at radius 2 is 2.11 bits per heavy atom. The van der Waals surface area contributed by atoms with Gasteiger partial charge in [0.1, 0.15) is 13.2 Å². The van der Waals surface area contributed by atoms with Crippen LogP contribution in [-0.2, 0) is 10.3 Å². The Balaban J connectivity index is 2.16. The number of rotatable bonds is 2. The van der Waals surface area contributed by atoms with Crippen molar-refractivity contribution in [2.45, 2.75) is 31.7 Å². The van der Waals surface area contributed by atoms with E-state index in [4.69, 9.17) is 21.1 Å². The van der Waals surface area contributed by atoms with E-state index < -0.39 is 5.54 Å². The van der Waals surface area contributed by atoms with Crippen molar-refractivity contribution in [1.82, 2.24) is 0 Å². The fourth-order valence-corrected chi connectivity index (χ4v) is 3.01. The summed E-state index contributed by atoms with van der Waals surface area (Å²) in [6, 6.07) is 1.91. The standard InChI is InChI=1S/C14H14ClNO3/c1-9-10(14(16-8-17)3-2-4-14)7-11-13(12(9)15)19-6-5-18-11/h7H,2-6H2,1H3. The first-order valence-electron chi connectivity index (χ1n) is 6.36. The molecule has 0 radical (unpaired) electrons. The summed E-state index contributed by atoms with van der Waals surface area (Å²) in [5.74, 6) is 1.24. The number of isocyanates is 1. The van der Waals surface area contributed by atoms with E-state index in [1.807, 2.05) is 13.0 Å². The number of hydrogen-bond acceptors (Lipinski definition) is 4. The molecule has 1 aliphatic carbocycles. The lowest BCUT2D eigenvalue weighted by Crippen LogP contribution is -2.33. The number of halogens is 1. The van der Waals surface area contributed by atoms with Crippen LogP contribution in [-0.4, -0.2) is 19.3 Å². The highest BCUT2D eigenvalue weighted by molar-refractivity contribution is 6.33. The van der Waals surface area contributed by atoms with Crippen LogP contribution in [0.5, 0.6) is 11.5 Å². The van der Waals surface area contributed by atoms with Gasteiger partial charge in [-0.2, -0.15) is 4.99 Å².